The predicted molar refractivity (Wildman–Crippen MR) is 107 cm³/mol. The van der Waals surface area contributed by atoms with E-state index in [-0.39, 0.29) is 17.7 Å². The molecule has 2 fully saturated rings. The quantitative estimate of drug-likeness (QED) is 0.828. The van der Waals surface area contributed by atoms with E-state index in [0.29, 0.717) is 28.3 Å². The molecule has 0 radical (unpaired) electrons. The summed E-state index contributed by atoms with van der Waals surface area (Å²) in [6.45, 7) is 3.99. The fourth-order valence-corrected chi connectivity index (χ4v) is 4.50. The molecule has 1 saturated carbocycles. The van der Waals surface area contributed by atoms with Gasteiger partial charge in [0.2, 0.25) is 11.8 Å². The molecule has 27 heavy (non-hydrogen) atoms. The summed E-state index contributed by atoms with van der Waals surface area (Å²) in [4.78, 5) is 27.4. The molecule has 1 aliphatic heterocycles. The Morgan fingerprint density at radius 1 is 1.15 bits per heavy atom. The van der Waals surface area contributed by atoms with Crippen molar-refractivity contribution in [1.29, 1.82) is 0 Å². The van der Waals surface area contributed by atoms with Gasteiger partial charge < -0.3 is 15.0 Å². The highest BCUT2D eigenvalue weighted by Crippen LogP contribution is 2.33. The molecule has 1 N–H and O–H groups in total. The van der Waals surface area contributed by atoms with Gasteiger partial charge in [-0.3, -0.25) is 9.59 Å². The van der Waals surface area contributed by atoms with E-state index in [1.165, 1.54) is 6.42 Å². The summed E-state index contributed by atoms with van der Waals surface area (Å²) in [6, 6.07) is 5.23. The zero-order valence-electron chi connectivity index (χ0n) is 16.2. The van der Waals surface area contributed by atoms with Crippen molar-refractivity contribution in [3.63, 3.8) is 0 Å². The number of benzene rings is 1. The molecule has 0 bridgehead atoms. The van der Waals surface area contributed by atoms with E-state index >= 15 is 0 Å². The van der Waals surface area contributed by atoms with E-state index in [2.05, 4.69) is 12.2 Å². The molecule has 1 aromatic carbocycles. The Morgan fingerprint density at radius 3 is 2.48 bits per heavy atom. The fourth-order valence-electron chi connectivity index (χ4n) is 4.24. The smallest absolute Gasteiger partial charge is 0.227 e. The summed E-state index contributed by atoms with van der Waals surface area (Å²) < 4.78 is 5.13. The normalized spacial score (nSPS) is 25.7. The van der Waals surface area contributed by atoms with E-state index in [1.54, 1.807) is 25.3 Å². The predicted octanol–water partition coefficient (Wildman–Crippen LogP) is 4.35. The number of nitrogens with one attached hydrogen (secondary N) is 1. The van der Waals surface area contributed by atoms with Crippen LogP contribution in [0.15, 0.2) is 18.2 Å². The third kappa shape index (κ3) is 4.95. The topological polar surface area (TPSA) is 58.6 Å². The van der Waals surface area contributed by atoms with Crippen LogP contribution in [0.4, 0.5) is 5.69 Å². The SMILES string of the molecule is COc1ccc(NC(=O)C2CCC(C(=O)N3CCCC(C)C3)CC2)cc1Cl. The van der Waals surface area contributed by atoms with Crippen LogP contribution in [0.1, 0.15) is 45.4 Å². The molecule has 5 nitrogen and oxygen atoms in total. The van der Waals surface area contributed by atoms with Gasteiger partial charge >= 0.3 is 0 Å². The molecule has 1 heterocycles. The van der Waals surface area contributed by atoms with Crippen molar-refractivity contribution in [3.05, 3.63) is 23.2 Å². The number of hydrogen-bond donors (Lipinski definition) is 1. The number of piperidine rings is 1. The maximum atomic E-state index is 12.8. The van der Waals surface area contributed by atoms with E-state index < -0.39 is 0 Å². The van der Waals surface area contributed by atoms with Gasteiger partial charge in [0.15, 0.2) is 0 Å². The summed E-state index contributed by atoms with van der Waals surface area (Å²) in [6.07, 6.45) is 5.43. The molecule has 1 unspecified atom stereocenters. The second kappa shape index (κ2) is 8.96. The van der Waals surface area contributed by atoms with Crippen molar-refractivity contribution >= 4 is 29.1 Å². The lowest BCUT2D eigenvalue weighted by atomic mass is 9.80. The summed E-state index contributed by atoms with van der Waals surface area (Å²) >= 11 is 6.12. The van der Waals surface area contributed by atoms with Crippen molar-refractivity contribution in [2.45, 2.75) is 45.4 Å². The van der Waals surface area contributed by atoms with Crippen LogP contribution in [0.3, 0.4) is 0 Å². The molecule has 1 saturated heterocycles. The molecule has 6 heteroatoms. The summed E-state index contributed by atoms with van der Waals surface area (Å²) in [5.74, 6) is 1.52. The van der Waals surface area contributed by atoms with Gasteiger partial charge in [-0.2, -0.15) is 0 Å². The highest BCUT2D eigenvalue weighted by atomic mass is 35.5. The van der Waals surface area contributed by atoms with Crippen LogP contribution in [-0.4, -0.2) is 36.9 Å². The molecular formula is C21H29ClN2O3. The maximum absolute atomic E-state index is 12.8. The number of carbonyl (C=O) groups is 2. The summed E-state index contributed by atoms with van der Waals surface area (Å²) in [5.41, 5.74) is 0.673. The van der Waals surface area contributed by atoms with Crippen LogP contribution in [-0.2, 0) is 9.59 Å². The van der Waals surface area contributed by atoms with Crippen molar-refractivity contribution in [2.24, 2.45) is 17.8 Å². The van der Waals surface area contributed by atoms with E-state index in [4.69, 9.17) is 16.3 Å². The zero-order chi connectivity index (χ0) is 19.4. The summed E-state index contributed by atoms with van der Waals surface area (Å²) in [5, 5.41) is 3.42. The number of anilines is 1. The van der Waals surface area contributed by atoms with Crippen molar-refractivity contribution in [1.82, 2.24) is 4.90 Å². The van der Waals surface area contributed by atoms with Crippen LogP contribution in [0, 0.1) is 17.8 Å². The van der Waals surface area contributed by atoms with Gasteiger partial charge in [0, 0.05) is 30.6 Å². The lowest BCUT2D eigenvalue weighted by Gasteiger charge is -2.35. The average molecular weight is 393 g/mol. The van der Waals surface area contributed by atoms with Crippen molar-refractivity contribution in [2.75, 3.05) is 25.5 Å². The van der Waals surface area contributed by atoms with Gasteiger partial charge in [-0.05, 0) is 62.6 Å². The lowest BCUT2D eigenvalue weighted by molar-refractivity contribution is -0.139. The number of ether oxygens (including phenoxy) is 1. The number of halogens is 1. The number of carbonyl (C=O) groups excluding carboxylic acids is 2. The minimum Gasteiger partial charge on any atom is -0.495 e. The van der Waals surface area contributed by atoms with E-state index in [1.807, 2.05) is 4.90 Å². The zero-order valence-corrected chi connectivity index (χ0v) is 16.9. The number of likely N-dealkylation sites (tertiary alicyclic amines) is 1. The van der Waals surface area contributed by atoms with Crippen molar-refractivity contribution in [3.8, 4) is 5.75 Å². The van der Waals surface area contributed by atoms with Gasteiger partial charge in [0.05, 0.1) is 12.1 Å². The monoisotopic (exact) mass is 392 g/mol. The number of rotatable bonds is 4. The molecule has 1 aromatic rings. The molecule has 1 aliphatic carbocycles. The Hall–Kier alpha value is -1.75. The molecule has 0 spiro atoms. The van der Waals surface area contributed by atoms with Crippen LogP contribution in [0.5, 0.6) is 5.75 Å². The highest BCUT2D eigenvalue weighted by molar-refractivity contribution is 6.32. The third-order valence-electron chi connectivity index (χ3n) is 5.84. The first-order chi connectivity index (χ1) is 13.0. The van der Waals surface area contributed by atoms with E-state index in [0.717, 1.165) is 45.2 Å². The Kier molecular flexibility index (Phi) is 6.64. The van der Waals surface area contributed by atoms with Gasteiger partial charge in [-0.25, -0.2) is 0 Å². The molecule has 148 valence electrons. The molecule has 1 atom stereocenters. The van der Waals surface area contributed by atoms with Crippen LogP contribution >= 0.6 is 11.6 Å². The Bertz CT molecular complexity index is 686. The van der Waals surface area contributed by atoms with Crippen LogP contribution < -0.4 is 10.1 Å². The van der Waals surface area contributed by atoms with Crippen LogP contribution in [0.2, 0.25) is 5.02 Å². The second-order valence-corrected chi connectivity index (χ2v) is 8.33. The van der Waals surface area contributed by atoms with E-state index in [9.17, 15) is 9.59 Å². The number of methoxy groups -OCH3 is 1. The Labute approximate surface area is 166 Å². The number of nitrogens with zero attached hydrogens (tertiary/aromatic N) is 1. The van der Waals surface area contributed by atoms with Crippen LogP contribution in [0.25, 0.3) is 0 Å². The lowest BCUT2D eigenvalue weighted by Crippen LogP contribution is -2.43. The minimum atomic E-state index is -0.0461. The Morgan fingerprint density at radius 2 is 1.85 bits per heavy atom. The molecular weight excluding hydrogens is 364 g/mol. The van der Waals surface area contributed by atoms with Gasteiger partial charge in [-0.15, -0.1) is 0 Å². The largest absolute Gasteiger partial charge is 0.495 e. The molecule has 2 aliphatic rings. The number of amides is 2. The first-order valence-electron chi connectivity index (χ1n) is 9.91. The molecule has 0 aromatic heterocycles. The highest BCUT2D eigenvalue weighted by Gasteiger charge is 2.33. The minimum absolute atomic E-state index is 0.00808. The van der Waals surface area contributed by atoms with Gasteiger partial charge in [0.1, 0.15) is 5.75 Å². The standard InChI is InChI=1S/C21H29ClN2O3/c1-14-4-3-11-24(13-14)21(26)16-7-5-15(6-8-16)20(25)23-17-9-10-19(27-2)18(22)12-17/h9-10,12,14-16H,3-8,11,13H2,1-2H3,(H,23,25). The fraction of sp³-hybridized carbons (Fsp3) is 0.619. The first-order valence-corrected chi connectivity index (χ1v) is 10.3. The molecule has 2 amide bonds. The maximum Gasteiger partial charge on any atom is 0.227 e. The average Bonchev–Trinajstić information content (AvgIpc) is 2.67. The van der Waals surface area contributed by atoms with Gasteiger partial charge in [-0.1, -0.05) is 18.5 Å². The second-order valence-electron chi connectivity index (χ2n) is 7.92. The summed E-state index contributed by atoms with van der Waals surface area (Å²) in [7, 11) is 1.56. The molecule has 3 rings (SSSR count). The van der Waals surface area contributed by atoms with Crippen molar-refractivity contribution < 1.29 is 14.3 Å². The Balaban J connectivity index is 1.50. The third-order valence-corrected chi connectivity index (χ3v) is 6.13. The first kappa shape index (κ1) is 20.0. The number of hydrogen-bond acceptors (Lipinski definition) is 3. The van der Waals surface area contributed by atoms with Gasteiger partial charge in [0.25, 0.3) is 0 Å².